The number of ether oxygens (including phenoxy) is 1. The first kappa shape index (κ1) is 13.5. The van der Waals surface area contributed by atoms with Crippen molar-refractivity contribution in [2.24, 2.45) is 11.8 Å². The Labute approximate surface area is 115 Å². The summed E-state index contributed by atoms with van der Waals surface area (Å²) in [5.74, 6) is -0.107. The molecule has 5 nitrogen and oxygen atoms in total. The zero-order chi connectivity index (χ0) is 14.5. The summed E-state index contributed by atoms with van der Waals surface area (Å²) in [5.41, 5.74) is -1.81. The number of hydrogen-bond acceptors (Lipinski definition) is 3. The van der Waals surface area contributed by atoms with Crippen LogP contribution in [0.25, 0.3) is 0 Å². The van der Waals surface area contributed by atoms with Crippen LogP contribution in [0.3, 0.4) is 0 Å². The predicted molar refractivity (Wildman–Crippen MR) is 70.9 cm³/mol. The normalized spacial score (nSPS) is 33.5. The largest absolute Gasteiger partial charge is 0.351 e. The second-order valence-electron chi connectivity index (χ2n) is 5.94. The van der Waals surface area contributed by atoms with Gasteiger partial charge in [-0.3, -0.25) is 14.3 Å². The lowest BCUT2D eigenvalue weighted by molar-refractivity contribution is -0.101. The van der Waals surface area contributed by atoms with Gasteiger partial charge in [-0.05, 0) is 37.5 Å². The van der Waals surface area contributed by atoms with Crippen molar-refractivity contribution in [1.29, 1.82) is 0 Å². The van der Waals surface area contributed by atoms with Gasteiger partial charge in [0.1, 0.15) is 6.23 Å². The highest BCUT2D eigenvalue weighted by atomic mass is 19.1. The second kappa shape index (κ2) is 4.55. The van der Waals surface area contributed by atoms with Crippen molar-refractivity contribution in [3.05, 3.63) is 32.9 Å². The van der Waals surface area contributed by atoms with E-state index in [9.17, 15) is 14.0 Å². The van der Waals surface area contributed by atoms with Gasteiger partial charge >= 0.3 is 5.69 Å². The number of nitrogens with zero attached hydrogens (tertiary/aromatic N) is 1. The van der Waals surface area contributed by atoms with Crippen molar-refractivity contribution >= 4 is 0 Å². The minimum absolute atomic E-state index is 0.212. The topological polar surface area (TPSA) is 64.1 Å². The average molecular weight is 282 g/mol. The van der Waals surface area contributed by atoms with Gasteiger partial charge in [-0.1, -0.05) is 13.8 Å². The van der Waals surface area contributed by atoms with Gasteiger partial charge in [-0.25, -0.2) is 4.79 Å². The molecule has 3 atom stereocenters. The van der Waals surface area contributed by atoms with Crippen molar-refractivity contribution < 1.29 is 9.13 Å². The zero-order valence-corrected chi connectivity index (χ0v) is 11.7. The van der Waals surface area contributed by atoms with E-state index in [1.807, 2.05) is 4.98 Å². The van der Waals surface area contributed by atoms with Crippen molar-refractivity contribution in [3.8, 4) is 0 Å². The van der Waals surface area contributed by atoms with Crippen LogP contribution in [-0.2, 0) is 4.74 Å². The smallest absolute Gasteiger partial charge is 0.330 e. The van der Waals surface area contributed by atoms with E-state index in [1.54, 1.807) is 0 Å². The maximum Gasteiger partial charge on any atom is 0.330 e. The molecule has 0 bridgehead atoms. The molecule has 1 aromatic rings. The summed E-state index contributed by atoms with van der Waals surface area (Å²) in [5, 5.41) is 0. The first-order valence-electron chi connectivity index (χ1n) is 7.16. The van der Waals surface area contributed by atoms with Crippen LogP contribution in [0.15, 0.2) is 15.8 Å². The molecule has 2 heterocycles. The van der Waals surface area contributed by atoms with E-state index in [0.29, 0.717) is 18.3 Å². The number of hydrogen-bond donors (Lipinski definition) is 1. The highest BCUT2D eigenvalue weighted by Crippen LogP contribution is 2.55. The number of aromatic nitrogens is 2. The predicted octanol–water partition coefficient (Wildman–Crippen LogP) is 1.79. The van der Waals surface area contributed by atoms with Crippen molar-refractivity contribution in [2.75, 3.05) is 0 Å². The molecule has 1 aromatic heterocycles. The number of aromatic amines is 1. The number of H-pyrrole nitrogens is 1. The molecule has 0 aromatic carbocycles. The molecule has 0 unspecified atom stereocenters. The Morgan fingerprint density at radius 2 is 2.20 bits per heavy atom. The van der Waals surface area contributed by atoms with Crippen LogP contribution >= 0.6 is 0 Å². The molecule has 1 saturated heterocycles. The standard InChI is InChI=1S/C14H19FN2O3/c1-3-14(9-4-5-9)8(2)6-11(20-14)17-7-10(15)12(18)16-13(17)19/h7-9,11H,3-6H2,1-2H3,(H,16,18,19)/t8-,11+,14+/m0/s1. The zero-order valence-electron chi connectivity index (χ0n) is 11.7. The van der Waals surface area contributed by atoms with Gasteiger partial charge in [0, 0.05) is 0 Å². The molecule has 0 radical (unpaired) electrons. The third-order valence-electron chi connectivity index (χ3n) is 4.80. The lowest BCUT2D eigenvalue weighted by atomic mass is 9.82. The fourth-order valence-electron chi connectivity index (χ4n) is 3.56. The van der Waals surface area contributed by atoms with Crippen LogP contribution in [0.4, 0.5) is 4.39 Å². The Morgan fingerprint density at radius 3 is 2.80 bits per heavy atom. The molecule has 20 heavy (non-hydrogen) atoms. The molecule has 1 aliphatic heterocycles. The van der Waals surface area contributed by atoms with Crippen molar-refractivity contribution in [1.82, 2.24) is 9.55 Å². The Hall–Kier alpha value is -1.43. The average Bonchev–Trinajstić information content (AvgIpc) is 3.19. The fourth-order valence-corrected chi connectivity index (χ4v) is 3.56. The SMILES string of the molecule is CC[C@@]1(C2CC2)O[C@@H](n2cc(F)c(=O)[nH]c2=O)C[C@@H]1C. The van der Waals surface area contributed by atoms with Crippen LogP contribution in [0.1, 0.15) is 45.8 Å². The first-order chi connectivity index (χ1) is 9.48. The minimum Gasteiger partial charge on any atom is -0.351 e. The summed E-state index contributed by atoms with van der Waals surface area (Å²) in [7, 11) is 0. The van der Waals surface area contributed by atoms with E-state index >= 15 is 0 Å². The van der Waals surface area contributed by atoms with E-state index in [2.05, 4.69) is 13.8 Å². The molecule has 1 saturated carbocycles. The summed E-state index contributed by atoms with van der Waals surface area (Å²) in [6, 6.07) is 0. The number of nitrogens with one attached hydrogen (secondary N) is 1. The van der Waals surface area contributed by atoms with Crippen LogP contribution in [0.5, 0.6) is 0 Å². The molecule has 2 aliphatic rings. The van der Waals surface area contributed by atoms with Gasteiger partial charge in [-0.15, -0.1) is 0 Å². The summed E-state index contributed by atoms with van der Waals surface area (Å²) >= 11 is 0. The molecule has 0 amide bonds. The Balaban J connectivity index is 1.95. The van der Waals surface area contributed by atoms with Gasteiger partial charge in [0.05, 0.1) is 11.8 Å². The van der Waals surface area contributed by atoms with E-state index in [-0.39, 0.29) is 5.60 Å². The summed E-state index contributed by atoms with van der Waals surface area (Å²) < 4.78 is 20.7. The highest BCUT2D eigenvalue weighted by molar-refractivity contribution is 5.03. The third-order valence-corrected chi connectivity index (χ3v) is 4.80. The number of rotatable bonds is 3. The van der Waals surface area contributed by atoms with Gasteiger partial charge in [0.2, 0.25) is 5.82 Å². The molecule has 3 rings (SSSR count). The molecule has 0 spiro atoms. The molecule has 6 heteroatoms. The minimum atomic E-state index is -0.985. The highest BCUT2D eigenvalue weighted by Gasteiger charge is 2.54. The van der Waals surface area contributed by atoms with Crippen LogP contribution in [0, 0.1) is 17.7 Å². The first-order valence-corrected chi connectivity index (χ1v) is 7.16. The molecule has 1 aliphatic carbocycles. The van der Waals surface area contributed by atoms with Crippen molar-refractivity contribution in [3.63, 3.8) is 0 Å². The maximum atomic E-state index is 13.4. The van der Waals surface area contributed by atoms with E-state index < -0.39 is 23.3 Å². The molecule has 110 valence electrons. The van der Waals surface area contributed by atoms with E-state index in [0.717, 1.165) is 25.5 Å². The van der Waals surface area contributed by atoms with Gasteiger partial charge in [0.15, 0.2) is 0 Å². The monoisotopic (exact) mass is 282 g/mol. The van der Waals surface area contributed by atoms with Gasteiger partial charge in [0.25, 0.3) is 5.56 Å². The van der Waals surface area contributed by atoms with Crippen LogP contribution in [-0.4, -0.2) is 15.2 Å². The molecule has 2 fully saturated rings. The van der Waals surface area contributed by atoms with Crippen LogP contribution < -0.4 is 11.2 Å². The van der Waals surface area contributed by atoms with Crippen molar-refractivity contribution in [2.45, 2.75) is 51.4 Å². The molecule has 1 N–H and O–H groups in total. The molecular weight excluding hydrogens is 263 g/mol. The summed E-state index contributed by atoms with van der Waals surface area (Å²) in [6.45, 7) is 4.21. The number of halogens is 1. The van der Waals surface area contributed by atoms with Crippen LogP contribution in [0.2, 0.25) is 0 Å². The fraction of sp³-hybridized carbons (Fsp3) is 0.714. The Bertz CT molecular complexity index is 634. The second-order valence-corrected chi connectivity index (χ2v) is 5.94. The van der Waals surface area contributed by atoms with E-state index in [4.69, 9.17) is 4.74 Å². The Kier molecular flexibility index (Phi) is 3.08. The molecular formula is C14H19FN2O3. The quantitative estimate of drug-likeness (QED) is 0.919. The van der Waals surface area contributed by atoms with Gasteiger partial charge < -0.3 is 4.74 Å². The summed E-state index contributed by atoms with van der Waals surface area (Å²) in [6.07, 6.45) is 4.31. The lowest BCUT2D eigenvalue weighted by Gasteiger charge is -2.32. The Morgan fingerprint density at radius 1 is 1.50 bits per heavy atom. The lowest BCUT2D eigenvalue weighted by Crippen LogP contribution is -2.38. The van der Waals surface area contributed by atoms with E-state index in [1.165, 1.54) is 4.57 Å². The third kappa shape index (κ3) is 1.93. The maximum absolute atomic E-state index is 13.4. The van der Waals surface area contributed by atoms with Gasteiger partial charge in [-0.2, -0.15) is 4.39 Å². The summed E-state index contributed by atoms with van der Waals surface area (Å²) in [4.78, 5) is 24.9.